The summed E-state index contributed by atoms with van der Waals surface area (Å²) < 4.78 is 14.5. The van der Waals surface area contributed by atoms with Gasteiger partial charge in [0.05, 0.1) is 23.1 Å². The molecule has 0 atom stereocenters. The van der Waals surface area contributed by atoms with Crippen molar-refractivity contribution in [2.45, 2.75) is 12.8 Å². The zero-order valence-electron chi connectivity index (χ0n) is 12.7. The van der Waals surface area contributed by atoms with Crippen molar-refractivity contribution < 1.29 is 19.1 Å². The van der Waals surface area contributed by atoms with Crippen LogP contribution in [0, 0.1) is 5.82 Å². The first kappa shape index (κ1) is 16.9. The third-order valence-electron chi connectivity index (χ3n) is 3.88. The summed E-state index contributed by atoms with van der Waals surface area (Å²) in [4.78, 5) is 26.1. The molecular weight excluding hydrogens is 351 g/mol. The molecule has 1 aromatic carbocycles. The maximum Gasteiger partial charge on any atom is 0.266 e. The quantitative estimate of drug-likeness (QED) is 0.593. The number of thioether (sulfide) groups is 1. The summed E-state index contributed by atoms with van der Waals surface area (Å²) in [5.41, 5.74) is 1.10. The number of aliphatic carboxylic acids is 1. The van der Waals surface area contributed by atoms with E-state index in [-0.39, 0.29) is 15.0 Å². The zero-order chi connectivity index (χ0) is 17.3. The number of thiocarbonyl (C=S) groups is 1. The predicted octanol–water partition coefficient (Wildman–Crippen LogP) is 1.38. The molecule has 0 radical (unpaired) electrons. The molecule has 2 heterocycles. The molecule has 2 fully saturated rings. The first-order chi connectivity index (χ1) is 11.5. The minimum absolute atomic E-state index is 0.157. The molecule has 2 aliphatic heterocycles. The fraction of sp³-hybridized carbons (Fsp3) is 0.312. The van der Waals surface area contributed by atoms with Crippen LogP contribution in [0.4, 0.5) is 10.1 Å². The number of amides is 1. The second-order valence-electron chi connectivity index (χ2n) is 5.54. The van der Waals surface area contributed by atoms with Crippen LogP contribution in [0.15, 0.2) is 23.1 Å². The molecule has 0 aromatic heterocycles. The van der Waals surface area contributed by atoms with E-state index in [4.69, 9.17) is 12.2 Å². The van der Waals surface area contributed by atoms with Crippen LogP contribution in [0.2, 0.25) is 0 Å². The molecule has 1 aromatic rings. The summed E-state index contributed by atoms with van der Waals surface area (Å²) in [6.07, 6.45) is 3.63. The Labute approximate surface area is 148 Å². The highest BCUT2D eigenvalue weighted by Gasteiger charge is 2.31. The molecule has 3 rings (SSSR count). The molecule has 0 saturated carbocycles. The standard InChI is InChI=1S/C16H15FN2O3S2/c17-11-7-10(3-4-12(11)18-5-1-2-6-18)8-13-15(22)19(9-14(20)21)16(23)24-13/h3-4,7-8H,1-2,5-6,9H2,(H,20,21)/p-1/b13-8+. The molecule has 1 amide bonds. The minimum atomic E-state index is -1.38. The second-order valence-corrected chi connectivity index (χ2v) is 7.22. The highest BCUT2D eigenvalue weighted by molar-refractivity contribution is 8.26. The van der Waals surface area contributed by atoms with Crippen LogP contribution in [-0.4, -0.2) is 40.7 Å². The van der Waals surface area contributed by atoms with Crippen molar-refractivity contribution in [1.82, 2.24) is 4.90 Å². The minimum Gasteiger partial charge on any atom is -0.548 e. The summed E-state index contributed by atoms with van der Waals surface area (Å²) in [5, 5.41) is 10.7. The van der Waals surface area contributed by atoms with Crippen LogP contribution in [-0.2, 0) is 9.59 Å². The van der Waals surface area contributed by atoms with Gasteiger partial charge in [0.15, 0.2) is 0 Å². The lowest BCUT2D eigenvalue weighted by atomic mass is 10.1. The van der Waals surface area contributed by atoms with Crippen LogP contribution >= 0.6 is 24.0 Å². The Bertz CT molecular complexity index is 745. The van der Waals surface area contributed by atoms with E-state index in [1.807, 2.05) is 4.90 Å². The molecule has 0 unspecified atom stereocenters. The molecule has 8 heteroatoms. The molecular formula is C16H14FN2O3S2-. The molecule has 0 N–H and O–H groups in total. The van der Waals surface area contributed by atoms with Gasteiger partial charge in [0.1, 0.15) is 10.1 Å². The molecule has 0 aliphatic carbocycles. The fourth-order valence-electron chi connectivity index (χ4n) is 2.74. The first-order valence-corrected chi connectivity index (χ1v) is 8.68. The number of nitrogens with zero attached hydrogens (tertiary/aromatic N) is 2. The van der Waals surface area contributed by atoms with E-state index in [1.165, 1.54) is 12.1 Å². The molecule has 5 nitrogen and oxygen atoms in total. The number of carbonyl (C=O) groups is 2. The number of anilines is 1. The van der Waals surface area contributed by atoms with E-state index in [0.717, 1.165) is 42.6 Å². The van der Waals surface area contributed by atoms with Gasteiger partial charge in [-0.2, -0.15) is 0 Å². The lowest BCUT2D eigenvalue weighted by molar-refractivity contribution is -0.305. The molecule has 24 heavy (non-hydrogen) atoms. The highest BCUT2D eigenvalue weighted by atomic mass is 32.2. The van der Waals surface area contributed by atoms with Crippen LogP contribution in [0.1, 0.15) is 18.4 Å². The van der Waals surface area contributed by atoms with E-state index in [0.29, 0.717) is 11.3 Å². The normalized spacial score (nSPS) is 19.6. The molecule has 2 aliphatic rings. The maximum absolute atomic E-state index is 14.3. The van der Waals surface area contributed by atoms with Crippen LogP contribution < -0.4 is 10.0 Å². The number of hydrogen-bond acceptors (Lipinski definition) is 6. The number of halogens is 1. The second kappa shape index (κ2) is 6.90. The Kier molecular flexibility index (Phi) is 4.86. The van der Waals surface area contributed by atoms with E-state index >= 15 is 0 Å². The van der Waals surface area contributed by atoms with Crippen LogP contribution in [0.3, 0.4) is 0 Å². The topological polar surface area (TPSA) is 63.7 Å². The van der Waals surface area contributed by atoms with Gasteiger partial charge < -0.3 is 14.8 Å². The number of hydrogen-bond donors (Lipinski definition) is 0. The molecule has 2 saturated heterocycles. The summed E-state index contributed by atoms with van der Waals surface area (Å²) in [6.45, 7) is 1.11. The zero-order valence-corrected chi connectivity index (χ0v) is 14.3. The van der Waals surface area contributed by atoms with E-state index in [2.05, 4.69) is 0 Å². The van der Waals surface area contributed by atoms with Crippen LogP contribution in [0.25, 0.3) is 6.08 Å². The first-order valence-electron chi connectivity index (χ1n) is 7.45. The number of carboxylic acid groups (broad SMARTS) is 1. The average Bonchev–Trinajstić information content (AvgIpc) is 3.12. The van der Waals surface area contributed by atoms with Crippen molar-refractivity contribution in [2.75, 3.05) is 24.5 Å². The largest absolute Gasteiger partial charge is 0.548 e. The molecule has 0 spiro atoms. The van der Waals surface area contributed by atoms with E-state index in [1.54, 1.807) is 12.1 Å². The monoisotopic (exact) mass is 365 g/mol. The summed E-state index contributed by atoms with van der Waals surface area (Å²) in [7, 11) is 0. The molecule has 126 valence electrons. The lowest BCUT2D eigenvalue weighted by Gasteiger charge is -2.18. The number of rotatable bonds is 4. The van der Waals surface area contributed by atoms with Gasteiger partial charge in [-0.05, 0) is 36.6 Å². The van der Waals surface area contributed by atoms with Gasteiger partial charge in [-0.1, -0.05) is 30.0 Å². The van der Waals surface area contributed by atoms with Crippen molar-refractivity contribution in [3.05, 3.63) is 34.5 Å². The van der Waals surface area contributed by atoms with Gasteiger partial charge >= 0.3 is 0 Å². The van der Waals surface area contributed by atoms with Gasteiger partial charge in [0.25, 0.3) is 5.91 Å². The predicted molar refractivity (Wildman–Crippen MR) is 92.7 cm³/mol. The number of benzene rings is 1. The third-order valence-corrected chi connectivity index (χ3v) is 5.25. The Morgan fingerprint density at radius 2 is 2.08 bits per heavy atom. The van der Waals surface area contributed by atoms with Gasteiger partial charge in [-0.25, -0.2) is 4.39 Å². The van der Waals surface area contributed by atoms with E-state index < -0.39 is 18.4 Å². The van der Waals surface area contributed by atoms with Gasteiger partial charge in [-0.3, -0.25) is 9.69 Å². The van der Waals surface area contributed by atoms with E-state index in [9.17, 15) is 19.1 Å². The summed E-state index contributed by atoms with van der Waals surface area (Å²) >= 11 is 6.00. The fourth-order valence-corrected chi connectivity index (χ4v) is 4.00. The Hall–Kier alpha value is -1.93. The van der Waals surface area contributed by atoms with Crippen molar-refractivity contribution in [1.29, 1.82) is 0 Å². The Balaban J connectivity index is 1.81. The molecule has 0 bridgehead atoms. The van der Waals surface area contributed by atoms with Crippen molar-refractivity contribution >= 4 is 51.9 Å². The van der Waals surface area contributed by atoms with Gasteiger partial charge in [-0.15, -0.1) is 0 Å². The van der Waals surface area contributed by atoms with Crippen molar-refractivity contribution in [3.8, 4) is 0 Å². The van der Waals surface area contributed by atoms with Crippen LogP contribution in [0.5, 0.6) is 0 Å². The van der Waals surface area contributed by atoms with Crippen molar-refractivity contribution in [3.63, 3.8) is 0 Å². The SMILES string of the molecule is O=C([O-])CN1C(=O)/C(=C\c2ccc(N3CCCC3)c(F)c2)SC1=S. The third kappa shape index (κ3) is 3.44. The Morgan fingerprint density at radius 1 is 1.38 bits per heavy atom. The van der Waals surface area contributed by atoms with Gasteiger partial charge in [0.2, 0.25) is 0 Å². The van der Waals surface area contributed by atoms with Crippen molar-refractivity contribution in [2.24, 2.45) is 0 Å². The maximum atomic E-state index is 14.3. The average molecular weight is 365 g/mol. The lowest BCUT2D eigenvalue weighted by Crippen LogP contribution is -2.40. The Morgan fingerprint density at radius 3 is 2.71 bits per heavy atom. The smallest absolute Gasteiger partial charge is 0.266 e. The van der Waals surface area contributed by atoms with Gasteiger partial charge in [0, 0.05) is 13.1 Å². The summed E-state index contributed by atoms with van der Waals surface area (Å²) in [5.74, 6) is -2.22. The highest BCUT2D eigenvalue weighted by Crippen LogP contribution is 2.33. The number of carbonyl (C=O) groups excluding carboxylic acids is 2. The summed E-state index contributed by atoms with van der Waals surface area (Å²) in [6, 6.07) is 4.81. The number of carboxylic acids is 1.